The number of hydrogen-bond acceptors (Lipinski definition) is 13. The summed E-state index contributed by atoms with van der Waals surface area (Å²) in [4.78, 5) is 17.7. The van der Waals surface area contributed by atoms with Crippen LogP contribution in [0.3, 0.4) is 0 Å². The molecular weight excluding hydrogens is 795 g/mol. The molecule has 4 N–H and O–H groups in total. The van der Waals surface area contributed by atoms with Gasteiger partial charge in [-0.2, -0.15) is 0 Å². The van der Waals surface area contributed by atoms with Gasteiger partial charge in [0, 0.05) is 51.6 Å². The first kappa shape index (κ1) is 52.3. The molecule has 1 aromatic heterocycles. The Hall–Kier alpha value is -4.02. The Kier molecular flexibility index (Phi) is 23.0. The topological polar surface area (TPSA) is 179 Å². The number of allylic oxidation sites excluding steroid dienone is 12. The Morgan fingerprint density at radius 1 is 0.790 bits per heavy atom. The molecule has 3 rings (SSSR count). The third-order valence-electron chi connectivity index (χ3n) is 11.1. The lowest BCUT2D eigenvalue weighted by Crippen LogP contribution is -2.59. The van der Waals surface area contributed by atoms with Crippen LogP contribution in [0.1, 0.15) is 78.8 Å². The van der Waals surface area contributed by atoms with Crippen LogP contribution in [0.15, 0.2) is 113 Å². The SMILES string of the molecule is COC1CC(O)/C=C/C=C/C=C\C(C)C(C(C)C(O)CC(C)O)OC(=O)/C=C/C=C/C=C/C(C)=C/C(C)C(O[C@H]2O[C@H](C)[C@@H](O)[C@H](OC)[C@H]2OC)/C=C/C=C/c2coc(n2)C1C. The highest BCUT2D eigenvalue weighted by Gasteiger charge is 2.46. The molecule has 0 aromatic carbocycles. The van der Waals surface area contributed by atoms with E-state index in [1.165, 1.54) is 20.3 Å². The average molecular weight is 866 g/mol. The average Bonchev–Trinajstić information content (AvgIpc) is 3.71. The normalized spacial score (nSPS) is 37.7. The predicted molar refractivity (Wildman–Crippen MR) is 240 cm³/mol. The second-order valence-corrected chi connectivity index (χ2v) is 16.2. The van der Waals surface area contributed by atoms with Crippen LogP contribution in [0.25, 0.3) is 6.08 Å². The Bertz CT molecular complexity index is 1750. The Labute approximate surface area is 368 Å². The molecule has 1 aromatic rings. The highest BCUT2D eigenvalue weighted by atomic mass is 16.7. The number of oxazole rings is 1. The fraction of sp³-hybridized carbons (Fsp3) is 0.551. The van der Waals surface area contributed by atoms with Crippen molar-refractivity contribution in [3.8, 4) is 0 Å². The van der Waals surface area contributed by atoms with E-state index in [9.17, 15) is 25.2 Å². The number of nitrogens with zero attached hydrogens (tertiary/aromatic N) is 1. The lowest BCUT2D eigenvalue weighted by Gasteiger charge is -2.43. The van der Waals surface area contributed by atoms with E-state index >= 15 is 0 Å². The van der Waals surface area contributed by atoms with Crippen LogP contribution in [-0.2, 0) is 33.2 Å². The van der Waals surface area contributed by atoms with E-state index in [2.05, 4.69) is 11.1 Å². The number of fused-ring (bicyclic) bond motifs is 2. The van der Waals surface area contributed by atoms with Gasteiger partial charge in [-0.25, -0.2) is 9.78 Å². The molecule has 344 valence electrons. The zero-order valence-electron chi connectivity index (χ0n) is 38.0. The van der Waals surface area contributed by atoms with Crippen molar-refractivity contribution in [2.45, 2.75) is 135 Å². The van der Waals surface area contributed by atoms with Crippen LogP contribution in [0, 0.1) is 17.8 Å². The van der Waals surface area contributed by atoms with Crippen molar-refractivity contribution in [2.24, 2.45) is 17.8 Å². The molecular formula is C49H71NO12. The number of rotatable bonds is 9. The summed E-state index contributed by atoms with van der Waals surface area (Å²) >= 11 is 0. The molecule has 0 amide bonds. The quantitative estimate of drug-likeness (QED) is 0.189. The second kappa shape index (κ2) is 27.2. The predicted octanol–water partition coefficient (Wildman–Crippen LogP) is 6.88. The molecule has 1 saturated heterocycles. The van der Waals surface area contributed by atoms with Gasteiger partial charge < -0.3 is 53.3 Å². The molecule has 62 heavy (non-hydrogen) atoms. The van der Waals surface area contributed by atoms with Crippen LogP contribution in [-0.4, -0.2) is 120 Å². The largest absolute Gasteiger partial charge is 0.458 e. The van der Waals surface area contributed by atoms with Crippen molar-refractivity contribution in [3.63, 3.8) is 0 Å². The molecule has 13 heteroatoms. The van der Waals surface area contributed by atoms with Crippen molar-refractivity contribution < 1.29 is 58.1 Å². The van der Waals surface area contributed by atoms with Crippen molar-refractivity contribution >= 4 is 12.0 Å². The molecule has 0 radical (unpaired) electrons. The van der Waals surface area contributed by atoms with E-state index in [1.807, 2.05) is 76.3 Å². The van der Waals surface area contributed by atoms with Gasteiger partial charge >= 0.3 is 5.97 Å². The number of carbonyl (C=O) groups is 1. The smallest absolute Gasteiger partial charge is 0.331 e. The molecule has 2 bridgehead atoms. The van der Waals surface area contributed by atoms with Gasteiger partial charge in [-0.15, -0.1) is 0 Å². The highest BCUT2D eigenvalue weighted by Crippen LogP contribution is 2.30. The second-order valence-electron chi connectivity index (χ2n) is 16.2. The number of aliphatic hydroxyl groups is 4. The summed E-state index contributed by atoms with van der Waals surface area (Å²) in [5.74, 6) is -1.26. The summed E-state index contributed by atoms with van der Waals surface area (Å²) in [7, 11) is 4.63. The minimum atomic E-state index is -0.903. The van der Waals surface area contributed by atoms with Gasteiger partial charge in [0.15, 0.2) is 12.2 Å². The summed E-state index contributed by atoms with van der Waals surface area (Å²) in [5, 5.41) is 42.3. The molecule has 15 atom stereocenters. The van der Waals surface area contributed by atoms with Gasteiger partial charge in [0.2, 0.25) is 0 Å². The number of methoxy groups -OCH3 is 3. The Balaban J connectivity index is 1.96. The lowest BCUT2D eigenvalue weighted by atomic mass is 9.86. The molecule has 0 saturated carbocycles. The zero-order chi connectivity index (χ0) is 45.8. The van der Waals surface area contributed by atoms with E-state index in [-0.39, 0.29) is 30.3 Å². The molecule has 10 unspecified atom stereocenters. The van der Waals surface area contributed by atoms with Crippen molar-refractivity contribution in [3.05, 3.63) is 121 Å². The maximum absolute atomic E-state index is 13.0. The standard InChI is InChI=1S/C49H71NO12/c1-31-21-15-11-14-18-26-43(54)62-45(35(5)40(53)28-34(4)51)32(2)22-16-12-13-17-24-39(52)29-42(56-8)36(6)48-50-38(30-59-48)23-19-20-25-41(33(3)27-31)61-49-47(58-10)46(57-9)44(55)37(7)60-49/h11-27,30,32-37,39-42,44-47,49,51-53,55H,28-29H2,1-10H3/b13-12+,14-11+,21-15+,22-16-,23-19+,24-17+,25-20+,26-18+,31-27+/t32?,33?,34?,35?,36?,37-,39?,40?,41?,42?,44-,45?,46+,47-,49-/m1/s1. The summed E-state index contributed by atoms with van der Waals surface area (Å²) in [6.07, 6.45) is 24.8. The first-order valence-corrected chi connectivity index (χ1v) is 21.4. The highest BCUT2D eigenvalue weighted by molar-refractivity contribution is 5.82. The van der Waals surface area contributed by atoms with E-state index in [1.54, 1.807) is 76.7 Å². The van der Waals surface area contributed by atoms with E-state index in [0.29, 0.717) is 18.0 Å². The molecule has 2 aliphatic rings. The third kappa shape index (κ3) is 16.9. The van der Waals surface area contributed by atoms with Gasteiger partial charge in [0.25, 0.3) is 0 Å². The number of ether oxygens (including phenoxy) is 6. The van der Waals surface area contributed by atoms with Crippen molar-refractivity contribution in [2.75, 3.05) is 21.3 Å². The number of esters is 1. The number of aliphatic hydroxyl groups excluding tert-OH is 4. The van der Waals surface area contributed by atoms with E-state index < -0.39 is 73.1 Å². The molecule has 3 heterocycles. The lowest BCUT2D eigenvalue weighted by molar-refractivity contribution is -0.310. The monoisotopic (exact) mass is 865 g/mol. The summed E-state index contributed by atoms with van der Waals surface area (Å²) < 4.78 is 41.4. The van der Waals surface area contributed by atoms with Crippen LogP contribution < -0.4 is 0 Å². The number of carbonyl (C=O) groups excluding carboxylic acids is 1. The summed E-state index contributed by atoms with van der Waals surface area (Å²) in [6, 6.07) is 0. The molecule has 0 spiro atoms. The number of cyclic esters (lactones) is 1. The minimum absolute atomic E-state index is 0.141. The first-order chi connectivity index (χ1) is 29.6. The van der Waals surface area contributed by atoms with Crippen LogP contribution in [0.2, 0.25) is 0 Å². The summed E-state index contributed by atoms with van der Waals surface area (Å²) in [6.45, 7) is 13.0. The van der Waals surface area contributed by atoms with Crippen molar-refractivity contribution in [1.29, 1.82) is 0 Å². The van der Waals surface area contributed by atoms with Gasteiger partial charge in [0.1, 0.15) is 36.4 Å². The van der Waals surface area contributed by atoms with Gasteiger partial charge in [-0.05, 0) is 33.3 Å². The van der Waals surface area contributed by atoms with E-state index in [4.69, 9.17) is 32.8 Å². The maximum Gasteiger partial charge on any atom is 0.331 e. The fourth-order valence-electron chi connectivity index (χ4n) is 7.36. The Morgan fingerprint density at radius 2 is 1.42 bits per heavy atom. The van der Waals surface area contributed by atoms with Crippen molar-refractivity contribution in [1.82, 2.24) is 4.98 Å². The van der Waals surface area contributed by atoms with Gasteiger partial charge in [-0.3, -0.25) is 0 Å². The Morgan fingerprint density at radius 3 is 2.08 bits per heavy atom. The molecule has 2 aliphatic heterocycles. The molecule has 1 fully saturated rings. The number of aromatic nitrogens is 1. The maximum atomic E-state index is 13.0. The minimum Gasteiger partial charge on any atom is -0.458 e. The van der Waals surface area contributed by atoms with Crippen LogP contribution in [0.4, 0.5) is 0 Å². The van der Waals surface area contributed by atoms with Gasteiger partial charge in [0.05, 0.1) is 42.5 Å². The summed E-state index contributed by atoms with van der Waals surface area (Å²) in [5.41, 5.74) is 1.56. The van der Waals surface area contributed by atoms with Crippen LogP contribution in [0.5, 0.6) is 0 Å². The van der Waals surface area contributed by atoms with Gasteiger partial charge in [-0.1, -0.05) is 124 Å². The fourth-order valence-corrected chi connectivity index (χ4v) is 7.36. The zero-order valence-corrected chi connectivity index (χ0v) is 38.0. The number of hydrogen-bond donors (Lipinski definition) is 4. The van der Waals surface area contributed by atoms with Crippen LogP contribution >= 0.6 is 0 Å². The third-order valence-corrected chi connectivity index (χ3v) is 11.1. The van der Waals surface area contributed by atoms with E-state index in [0.717, 1.165) is 5.57 Å². The first-order valence-electron chi connectivity index (χ1n) is 21.4. The molecule has 13 nitrogen and oxygen atoms in total. The molecule has 0 aliphatic carbocycles.